The zero-order chi connectivity index (χ0) is 16.1. The Kier molecular flexibility index (Phi) is 5.13. The number of carboxylic acids is 1. The minimum atomic E-state index is -1.07. The highest BCUT2D eigenvalue weighted by Gasteiger charge is 2.31. The second-order valence-corrected chi connectivity index (χ2v) is 5.11. The summed E-state index contributed by atoms with van der Waals surface area (Å²) in [6, 6.07) is 1.49. The van der Waals surface area contributed by atoms with Crippen LogP contribution >= 0.6 is 0 Å². The largest absolute Gasteiger partial charge is 0.480 e. The van der Waals surface area contributed by atoms with Gasteiger partial charge in [0.25, 0.3) is 5.91 Å². The van der Waals surface area contributed by atoms with E-state index in [1.165, 1.54) is 12.3 Å². The molecule has 0 spiro atoms. The molecular formula is C14H19N3O5. The number of ether oxygens (including phenoxy) is 1. The average Bonchev–Trinajstić information content (AvgIpc) is 2.94. The first-order chi connectivity index (χ1) is 10.5. The monoisotopic (exact) mass is 309 g/mol. The number of piperidine rings is 1. The summed E-state index contributed by atoms with van der Waals surface area (Å²) in [6.45, 7) is 2.51. The molecular weight excluding hydrogens is 290 g/mol. The number of aromatic nitrogens is 2. The molecule has 1 saturated heterocycles. The van der Waals surface area contributed by atoms with Crippen LogP contribution in [0.2, 0.25) is 0 Å². The Hall–Kier alpha value is -2.38. The first-order valence-corrected chi connectivity index (χ1v) is 7.22. The van der Waals surface area contributed by atoms with Crippen molar-refractivity contribution in [3.8, 4) is 0 Å². The Morgan fingerprint density at radius 2 is 2.23 bits per heavy atom. The van der Waals surface area contributed by atoms with E-state index >= 15 is 0 Å². The fourth-order valence-corrected chi connectivity index (χ4v) is 2.54. The highest BCUT2D eigenvalue weighted by Crippen LogP contribution is 2.20. The van der Waals surface area contributed by atoms with Crippen LogP contribution in [0.5, 0.6) is 0 Å². The molecule has 1 aliphatic heterocycles. The predicted octanol–water partition coefficient (Wildman–Crippen LogP) is 0.383. The first kappa shape index (κ1) is 16.0. The standard InChI is InChI=1S/C14H19N3O5/c1-2-22-14(21)10-4-3-7-16(8-10)13(20)11-5-6-15-17(11)9-12(18)19/h5-6,10H,2-4,7-9H2,1H3,(H,18,19). The van der Waals surface area contributed by atoms with Crippen molar-refractivity contribution in [1.82, 2.24) is 14.7 Å². The van der Waals surface area contributed by atoms with Gasteiger partial charge in [-0.25, -0.2) is 4.68 Å². The summed E-state index contributed by atoms with van der Waals surface area (Å²) >= 11 is 0. The van der Waals surface area contributed by atoms with Gasteiger partial charge >= 0.3 is 11.9 Å². The molecule has 120 valence electrons. The fraction of sp³-hybridized carbons (Fsp3) is 0.571. The second-order valence-electron chi connectivity index (χ2n) is 5.11. The summed E-state index contributed by atoms with van der Waals surface area (Å²) in [5.41, 5.74) is 0.215. The van der Waals surface area contributed by atoms with Crippen LogP contribution < -0.4 is 0 Å². The van der Waals surface area contributed by atoms with Crippen molar-refractivity contribution in [1.29, 1.82) is 0 Å². The van der Waals surface area contributed by atoms with Crippen LogP contribution in [0.4, 0.5) is 0 Å². The Morgan fingerprint density at radius 1 is 1.45 bits per heavy atom. The van der Waals surface area contributed by atoms with Crippen molar-refractivity contribution in [2.45, 2.75) is 26.3 Å². The van der Waals surface area contributed by atoms with Crippen LogP contribution in [-0.2, 0) is 20.9 Å². The second kappa shape index (κ2) is 7.06. The summed E-state index contributed by atoms with van der Waals surface area (Å²) in [6.07, 6.45) is 2.79. The van der Waals surface area contributed by atoms with E-state index in [0.29, 0.717) is 26.0 Å². The van der Waals surface area contributed by atoms with Crippen LogP contribution in [0.3, 0.4) is 0 Å². The zero-order valence-electron chi connectivity index (χ0n) is 12.4. The van der Waals surface area contributed by atoms with Crippen LogP contribution in [0, 0.1) is 5.92 Å². The molecule has 2 heterocycles. The smallest absolute Gasteiger partial charge is 0.325 e. The quantitative estimate of drug-likeness (QED) is 0.789. The molecule has 0 aliphatic carbocycles. The van der Waals surface area contributed by atoms with Gasteiger partial charge in [0.2, 0.25) is 0 Å². The maximum absolute atomic E-state index is 12.5. The molecule has 1 amide bonds. The van der Waals surface area contributed by atoms with Gasteiger partial charge < -0.3 is 14.7 Å². The minimum absolute atomic E-state index is 0.215. The number of hydrogen-bond acceptors (Lipinski definition) is 5. The van der Waals surface area contributed by atoms with Crippen LogP contribution in [0.15, 0.2) is 12.3 Å². The summed E-state index contributed by atoms with van der Waals surface area (Å²) in [5, 5.41) is 12.7. The maximum Gasteiger partial charge on any atom is 0.325 e. The van der Waals surface area contributed by atoms with E-state index in [1.54, 1.807) is 11.8 Å². The molecule has 8 heteroatoms. The highest BCUT2D eigenvalue weighted by atomic mass is 16.5. The lowest BCUT2D eigenvalue weighted by Crippen LogP contribution is -2.43. The first-order valence-electron chi connectivity index (χ1n) is 7.22. The molecule has 1 aromatic heterocycles. The lowest BCUT2D eigenvalue weighted by molar-refractivity contribution is -0.149. The van der Waals surface area contributed by atoms with Gasteiger partial charge in [-0.2, -0.15) is 5.10 Å². The molecule has 1 N–H and O–H groups in total. The molecule has 0 radical (unpaired) electrons. The van der Waals surface area contributed by atoms with Crippen LogP contribution in [0.25, 0.3) is 0 Å². The number of nitrogens with zero attached hydrogens (tertiary/aromatic N) is 3. The molecule has 8 nitrogen and oxygen atoms in total. The minimum Gasteiger partial charge on any atom is -0.480 e. The van der Waals surface area contributed by atoms with Crippen molar-refractivity contribution >= 4 is 17.8 Å². The summed E-state index contributed by atoms with van der Waals surface area (Å²) in [5.74, 6) is -2.00. The summed E-state index contributed by atoms with van der Waals surface area (Å²) in [7, 11) is 0. The number of amides is 1. The average molecular weight is 309 g/mol. The molecule has 22 heavy (non-hydrogen) atoms. The summed E-state index contributed by atoms with van der Waals surface area (Å²) < 4.78 is 6.16. The molecule has 0 bridgehead atoms. The Morgan fingerprint density at radius 3 is 2.91 bits per heavy atom. The van der Waals surface area contributed by atoms with Crippen molar-refractivity contribution in [3.05, 3.63) is 18.0 Å². The SMILES string of the molecule is CCOC(=O)C1CCCN(C(=O)c2ccnn2CC(=O)O)C1. The van der Waals surface area contributed by atoms with E-state index in [-0.39, 0.29) is 36.6 Å². The van der Waals surface area contributed by atoms with Crippen molar-refractivity contribution < 1.29 is 24.2 Å². The molecule has 0 saturated carbocycles. The number of carbonyl (C=O) groups excluding carboxylic acids is 2. The van der Waals surface area contributed by atoms with Gasteiger partial charge in [0, 0.05) is 19.3 Å². The fourth-order valence-electron chi connectivity index (χ4n) is 2.54. The molecule has 0 aromatic carbocycles. The third-order valence-electron chi connectivity index (χ3n) is 3.55. The van der Waals surface area contributed by atoms with Gasteiger partial charge in [-0.05, 0) is 25.8 Å². The van der Waals surface area contributed by atoms with Gasteiger partial charge in [-0.15, -0.1) is 0 Å². The van der Waals surface area contributed by atoms with Crippen LogP contribution in [-0.4, -0.2) is 57.3 Å². The van der Waals surface area contributed by atoms with E-state index in [1.807, 2.05) is 0 Å². The molecule has 1 aliphatic rings. The van der Waals surface area contributed by atoms with E-state index in [0.717, 1.165) is 4.68 Å². The molecule has 1 aromatic rings. The van der Waals surface area contributed by atoms with E-state index in [9.17, 15) is 14.4 Å². The normalized spacial score (nSPS) is 18.0. The van der Waals surface area contributed by atoms with Gasteiger partial charge in [0.15, 0.2) is 0 Å². The molecule has 1 atom stereocenters. The predicted molar refractivity (Wildman–Crippen MR) is 75.1 cm³/mol. The number of carboxylic acid groups (broad SMARTS) is 1. The maximum atomic E-state index is 12.5. The van der Waals surface area contributed by atoms with Crippen LogP contribution in [0.1, 0.15) is 30.3 Å². The number of aliphatic carboxylic acids is 1. The van der Waals surface area contributed by atoms with Gasteiger partial charge in [0.1, 0.15) is 12.2 Å². The van der Waals surface area contributed by atoms with E-state index in [2.05, 4.69) is 5.10 Å². The number of likely N-dealkylation sites (tertiary alicyclic amines) is 1. The van der Waals surface area contributed by atoms with Crippen molar-refractivity contribution in [2.75, 3.05) is 19.7 Å². The van der Waals surface area contributed by atoms with E-state index < -0.39 is 5.97 Å². The number of hydrogen-bond donors (Lipinski definition) is 1. The molecule has 2 rings (SSSR count). The highest BCUT2D eigenvalue weighted by molar-refractivity contribution is 5.93. The zero-order valence-corrected chi connectivity index (χ0v) is 12.4. The van der Waals surface area contributed by atoms with E-state index in [4.69, 9.17) is 9.84 Å². The third kappa shape index (κ3) is 3.63. The Bertz CT molecular complexity index is 569. The van der Waals surface area contributed by atoms with Crippen molar-refractivity contribution in [3.63, 3.8) is 0 Å². The van der Waals surface area contributed by atoms with Gasteiger partial charge in [-0.1, -0.05) is 0 Å². The summed E-state index contributed by atoms with van der Waals surface area (Å²) in [4.78, 5) is 36.7. The topological polar surface area (TPSA) is 102 Å². The number of carbonyl (C=O) groups is 3. The number of esters is 1. The Balaban J connectivity index is 2.07. The lowest BCUT2D eigenvalue weighted by Gasteiger charge is -2.31. The Labute approximate surface area is 127 Å². The van der Waals surface area contributed by atoms with Crippen molar-refractivity contribution in [2.24, 2.45) is 5.92 Å². The third-order valence-corrected chi connectivity index (χ3v) is 3.55. The van der Waals surface area contributed by atoms with Gasteiger partial charge in [-0.3, -0.25) is 14.4 Å². The lowest BCUT2D eigenvalue weighted by atomic mass is 9.98. The molecule has 1 unspecified atom stereocenters. The van der Waals surface area contributed by atoms with Gasteiger partial charge in [0.05, 0.1) is 12.5 Å². The molecule has 1 fully saturated rings. The number of rotatable bonds is 5.